The average molecular weight is 276 g/mol. The highest BCUT2D eigenvalue weighted by molar-refractivity contribution is 5.73. The van der Waals surface area contributed by atoms with E-state index < -0.39 is 0 Å². The lowest BCUT2D eigenvalue weighted by molar-refractivity contribution is 0.203. The lowest BCUT2D eigenvalue weighted by atomic mass is 10.0. The molecule has 4 nitrogen and oxygen atoms in total. The number of aliphatic hydroxyl groups excluding tert-OH is 1. The molecule has 1 fully saturated rings. The van der Waals surface area contributed by atoms with Gasteiger partial charge in [-0.1, -0.05) is 23.8 Å². The van der Waals surface area contributed by atoms with Gasteiger partial charge in [0.15, 0.2) is 0 Å². The molecule has 2 amide bonds. The van der Waals surface area contributed by atoms with Gasteiger partial charge in [-0.2, -0.15) is 0 Å². The van der Waals surface area contributed by atoms with Crippen LogP contribution in [0.1, 0.15) is 29.5 Å². The fourth-order valence-electron chi connectivity index (χ4n) is 2.33. The van der Waals surface area contributed by atoms with Crippen LogP contribution >= 0.6 is 0 Å². The van der Waals surface area contributed by atoms with E-state index in [0.29, 0.717) is 13.1 Å². The Balaban J connectivity index is 1.68. The predicted molar refractivity (Wildman–Crippen MR) is 79.8 cm³/mol. The van der Waals surface area contributed by atoms with Crippen molar-refractivity contribution in [1.29, 1.82) is 0 Å². The van der Waals surface area contributed by atoms with Gasteiger partial charge in [0.2, 0.25) is 0 Å². The Morgan fingerprint density at radius 2 is 2.05 bits per heavy atom. The van der Waals surface area contributed by atoms with Crippen LogP contribution in [0.25, 0.3) is 0 Å². The molecule has 2 rings (SSSR count). The number of amides is 2. The number of benzene rings is 1. The highest BCUT2D eigenvalue weighted by Crippen LogP contribution is 2.44. The summed E-state index contributed by atoms with van der Waals surface area (Å²) in [5, 5.41) is 14.9. The van der Waals surface area contributed by atoms with Crippen LogP contribution in [0.2, 0.25) is 0 Å². The first-order valence-electron chi connectivity index (χ1n) is 7.23. The van der Waals surface area contributed by atoms with E-state index in [0.717, 1.165) is 19.3 Å². The molecule has 0 atom stereocenters. The van der Waals surface area contributed by atoms with Crippen molar-refractivity contribution in [3.05, 3.63) is 34.9 Å². The van der Waals surface area contributed by atoms with Crippen LogP contribution in [0.5, 0.6) is 0 Å². The van der Waals surface area contributed by atoms with Gasteiger partial charge in [-0.25, -0.2) is 4.79 Å². The highest BCUT2D eigenvalue weighted by atomic mass is 16.3. The molecule has 0 radical (unpaired) electrons. The fraction of sp³-hybridized carbons (Fsp3) is 0.562. The maximum Gasteiger partial charge on any atom is 0.314 e. The Hall–Kier alpha value is -1.55. The number of hydrogen-bond acceptors (Lipinski definition) is 2. The third-order valence-corrected chi connectivity index (χ3v) is 4.09. The van der Waals surface area contributed by atoms with Crippen molar-refractivity contribution in [2.24, 2.45) is 5.41 Å². The topological polar surface area (TPSA) is 61.4 Å². The molecule has 0 bridgehead atoms. The van der Waals surface area contributed by atoms with E-state index >= 15 is 0 Å². The Bertz CT molecular complexity index is 481. The number of urea groups is 1. The van der Waals surface area contributed by atoms with Crippen molar-refractivity contribution in [1.82, 2.24) is 10.6 Å². The lowest BCUT2D eigenvalue weighted by Crippen LogP contribution is -2.40. The van der Waals surface area contributed by atoms with Crippen molar-refractivity contribution < 1.29 is 9.90 Å². The molecule has 3 N–H and O–H groups in total. The van der Waals surface area contributed by atoms with Crippen LogP contribution in [-0.4, -0.2) is 30.8 Å². The zero-order valence-corrected chi connectivity index (χ0v) is 12.3. The van der Waals surface area contributed by atoms with E-state index in [1.807, 2.05) is 0 Å². The van der Waals surface area contributed by atoms with Gasteiger partial charge in [-0.3, -0.25) is 0 Å². The minimum atomic E-state index is -0.144. The van der Waals surface area contributed by atoms with Crippen LogP contribution in [0.15, 0.2) is 18.2 Å². The Kier molecular flexibility index (Phi) is 4.65. The molecule has 0 heterocycles. The number of nitrogens with one attached hydrogen (secondary N) is 2. The Morgan fingerprint density at radius 3 is 2.65 bits per heavy atom. The van der Waals surface area contributed by atoms with Gasteiger partial charge in [-0.05, 0) is 44.2 Å². The Labute approximate surface area is 120 Å². The molecule has 1 aromatic rings. The monoisotopic (exact) mass is 276 g/mol. The van der Waals surface area contributed by atoms with E-state index in [2.05, 4.69) is 42.7 Å². The average Bonchev–Trinajstić information content (AvgIpc) is 3.20. The standard InChI is InChI=1S/C16H24N2O2/c1-12-3-4-14(13(2)9-12)5-8-17-15(20)18-10-16(11-19)6-7-16/h3-4,9,19H,5-8,10-11H2,1-2H3,(H2,17,18,20). The molecule has 0 aromatic heterocycles. The molecule has 4 heteroatoms. The normalized spacial score (nSPS) is 15.8. The second kappa shape index (κ2) is 6.27. The first-order valence-corrected chi connectivity index (χ1v) is 7.23. The number of hydrogen-bond donors (Lipinski definition) is 3. The van der Waals surface area contributed by atoms with Gasteiger partial charge in [0.05, 0.1) is 6.61 Å². The van der Waals surface area contributed by atoms with Crippen molar-refractivity contribution in [2.75, 3.05) is 19.7 Å². The minimum Gasteiger partial charge on any atom is -0.396 e. The zero-order valence-electron chi connectivity index (χ0n) is 12.3. The maximum absolute atomic E-state index is 11.7. The molecule has 0 aliphatic heterocycles. The van der Waals surface area contributed by atoms with E-state index in [9.17, 15) is 9.90 Å². The maximum atomic E-state index is 11.7. The van der Waals surface area contributed by atoms with E-state index in [4.69, 9.17) is 0 Å². The van der Waals surface area contributed by atoms with Gasteiger partial charge in [0.1, 0.15) is 0 Å². The van der Waals surface area contributed by atoms with Crippen LogP contribution in [0, 0.1) is 19.3 Å². The summed E-state index contributed by atoms with van der Waals surface area (Å²) < 4.78 is 0. The molecule has 0 unspecified atom stereocenters. The van der Waals surface area contributed by atoms with Crippen molar-refractivity contribution in [3.8, 4) is 0 Å². The molecule has 20 heavy (non-hydrogen) atoms. The molecule has 1 saturated carbocycles. The summed E-state index contributed by atoms with van der Waals surface area (Å²) >= 11 is 0. The summed E-state index contributed by atoms with van der Waals surface area (Å²) in [6.45, 7) is 5.54. The Morgan fingerprint density at radius 1 is 1.30 bits per heavy atom. The van der Waals surface area contributed by atoms with Crippen LogP contribution < -0.4 is 10.6 Å². The van der Waals surface area contributed by atoms with E-state index in [-0.39, 0.29) is 18.1 Å². The predicted octanol–water partition coefficient (Wildman–Crippen LogP) is 1.92. The largest absolute Gasteiger partial charge is 0.396 e. The van der Waals surface area contributed by atoms with Crippen molar-refractivity contribution in [2.45, 2.75) is 33.1 Å². The van der Waals surface area contributed by atoms with Gasteiger partial charge in [0.25, 0.3) is 0 Å². The number of rotatable bonds is 6. The van der Waals surface area contributed by atoms with Crippen LogP contribution in [0.3, 0.4) is 0 Å². The van der Waals surface area contributed by atoms with Crippen LogP contribution in [-0.2, 0) is 6.42 Å². The van der Waals surface area contributed by atoms with Gasteiger partial charge in [0, 0.05) is 18.5 Å². The van der Waals surface area contributed by atoms with Gasteiger partial charge in [-0.15, -0.1) is 0 Å². The molecule has 1 aliphatic carbocycles. The lowest BCUT2D eigenvalue weighted by Gasteiger charge is -2.13. The van der Waals surface area contributed by atoms with Crippen LogP contribution in [0.4, 0.5) is 4.79 Å². The highest BCUT2D eigenvalue weighted by Gasteiger charge is 2.42. The number of aryl methyl sites for hydroxylation is 2. The molecule has 1 aromatic carbocycles. The molecule has 1 aliphatic rings. The fourth-order valence-corrected chi connectivity index (χ4v) is 2.33. The second-order valence-corrected chi connectivity index (χ2v) is 5.95. The summed E-state index contributed by atoms with van der Waals surface area (Å²) in [5.74, 6) is 0. The smallest absolute Gasteiger partial charge is 0.314 e. The first kappa shape index (κ1) is 14.9. The van der Waals surface area contributed by atoms with E-state index in [1.54, 1.807) is 0 Å². The molecule has 110 valence electrons. The summed E-state index contributed by atoms with van der Waals surface area (Å²) in [5.41, 5.74) is 3.76. The summed E-state index contributed by atoms with van der Waals surface area (Å²) in [7, 11) is 0. The number of carbonyl (C=O) groups is 1. The van der Waals surface area contributed by atoms with Crippen molar-refractivity contribution in [3.63, 3.8) is 0 Å². The molecule has 0 saturated heterocycles. The number of carbonyl (C=O) groups excluding carboxylic acids is 1. The third-order valence-electron chi connectivity index (χ3n) is 4.09. The van der Waals surface area contributed by atoms with Crippen molar-refractivity contribution >= 4 is 6.03 Å². The second-order valence-electron chi connectivity index (χ2n) is 5.95. The zero-order chi connectivity index (χ0) is 14.6. The quantitative estimate of drug-likeness (QED) is 0.743. The minimum absolute atomic E-state index is 0.0368. The van der Waals surface area contributed by atoms with Gasteiger partial charge >= 0.3 is 6.03 Å². The number of aliphatic hydroxyl groups is 1. The first-order chi connectivity index (χ1) is 9.54. The molecular formula is C16H24N2O2. The molecular weight excluding hydrogens is 252 g/mol. The van der Waals surface area contributed by atoms with E-state index in [1.165, 1.54) is 16.7 Å². The summed E-state index contributed by atoms with van der Waals surface area (Å²) in [4.78, 5) is 11.7. The third kappa shape index (κ3) is 3.97. The molecule has 0 spiro atoms. The van der Waals surface area contributed by atoms with Gasteiger partial charge < -0.3 is 15.7 Å². The summed E-state index contributed by atoms with van der Waals surface area (Å²) in [6.07, 6.45) is 2.85. The SMILES string of the molecule is Cc1ccc(CCNC(=O)NCC2(CO)CC2)c(C)c1. The summed E-state index contributed by atoms with van der Waals surface area (Å²) in [6, 6.07) is 6.23.